The van der Waals surface area contributed by atoms with Crippen molar-refractivity contribution >= 4 is 23.6 Å². The molecule has 0 saturated carbocycles. The van der Waals surface area contributed by atoms with Gasteiger partial charge in [0, 0.05) is 49.3 Å². The van der Waals surface area contributed by atoms with Gasteiger partial charge in [-0.05, 0) is 30.7 Å². The molecule has 0 N–H and O–H groups in total. The highest BCUT2D eigenvalue weighted by Crippen LogP contribution is 2.18. The van der Waals surface area contributed by atoms with E-state index in [1.165, 1.54) is 0 Å². The van der Waals surface area contributed by atoms with E-state index in [1.54, 1.807) is 18.3 Å². The summed E-state index contributed by atoms with van der Waals surface area (Å²) in [6.45, 7) is 3.19. The van der Waals surface area contributed by atoms with Crippen LogP contribution in [-0.2, 0) is 4.79 Å². The molecule has 1 aromatic carbocycles. The fourth-order valence-corrected chi connectivity index (χ4v) is 2.84. The molecule has 130 valence electrons. The highest BCUT2D eigenvalue weighted by molar-refractivity contribution is 6.30. The number of aromatic nitrogens is 2. The molecule has 0 radical (unpaired) electrons. The van der Waals surface area contributed by atoms with Crippen LogP contribution in [0.15, 0.2) is 42.6 Å². The number of rotatable bonds is 4. The van der Waals surface area contributed by atoms with Crippen molar-refractivity contribution in [1.29, 1.82) is 0 Å². The minimum atomic E-state index is 0.0197. The number of benzene rings is 1. The third-order valence-electron chi connectivity index (χ3n) is 4.08. The van der Waals surface area contributed by atoms with Crippen LogP contribution in [0.1, 0.15) is 24.2 Å². The Labute approximate surface area is 152 Å². The predicted octanol–water partition coefficient (Wildman–Crippen LogP) is 3.52. The van der Waals surface area contributed by atoms with Crippen LogP contribution < -0.4 is 4.74 Å². The average molecular weight is 358 g/mol. The third kappa shape index (κ3) is 5.03. The molecule has 2 heterocycles. The van der Waals surface area contributed by atoms with E-state index in [0.717, 1.165) is 18.4 Å². The van der Waals surface area contributed by atoms with E-state index in [4.69, 9.17) is 16.3 Å². The minimum Gasteiger partial charge on any atom is -0.474 e. The Hall–Kier alpha value is -2.40. The van der Waals surface area contributed by atoms with Gasteiger partial charge in [-0.25, -0.2) is 4.98 Å². The molecule has 0 unspecified atom stereocenters. The van der Waals surface area contributed by atoms with Crippen molar-refractivity contribution < 1.29 is 9.53 Å². The molecule has 6 heteroatoms. The van der Waals surface area contributed by atoms with Crippen LogP contribution in [0, 0.1) is 6.92 Å². The van der Waals surface area contributed by atoms with Crippen molar-refractivity contribution in [3.8, 4) is 5.88 Å². The zero-order valence-electron chi connectivity index (χ0n) is 14.1. The number of halogens is 1. The summed E-state index contributed by atoms with van der Waals surface area (Å²) >= 11 is 5.86. The highest BCUT2D eigenvalue weighted by atomic mass is 35.5. The van der Waals surface area contributed by atoms with Gasteiger partial charge >= 0.3 is 0 Å². The summed E-state index contributed by atoms with van der Waals surface area (Å²) in [5.41, 5.74) is 0.954. The van der Waals surface area contributed by atoms with Crippen LogP contribution >= 0.6 is 11.6 Å². The summed E-state index contributed by atoms with van der Waals surface area (Å²) in [5, 5.41) is 0.685. The first-order valence-electron chi connectivity index (χ1n) is 8.29. The van der Waals surface area contributed by atoms with Gasteiger partial charge in [-0.15, -0.1) is 0 Å². The zero-order chi connectivity index (χ0) is 17.6. The van der Waals surface area contributed by atoms with Crippen molar-refractivity contribution in [1.82, 2.24) is 14.9 Å². The van der Waals surface area contributed by atoms with E-state index >= 15 is 0 Å². The SMILES string of the molecule is Cc1nccc(OC2CCN(C(=O)/C=C/c3ccc(Cl)cc3)CC2)n1. The topological polar surface area (TPSA) is 55.3 Å². The number of aryl methyl sites for hydroxylation is 1. The Balaban J connectivity index is 1.49. The second kappa shape index (κ2) is 8.12. The van der Waals surface area contributed by atoms with E-state index in [0.29, 0.717) is 29.8 Å². The fraction of sp³-hybridized carbons (Fsp3) is 0.316. The quantitative estimate of drug-likeness (QED) is 0.785. The number of amides is 1. The van der Waals surface area contributed by atoms with Gasteiger partial charge in [0.1, 0.15) is 11.9 Å². The summed E-state index contributed by atoms with van der Waals surface area (Å²) in [5.74, 6) is 1.31. The summed E-state index contributed by atoms with van der Waals surface area (Å²) in [7, 11) is 0. The molecule has 1 fully saturated rings. The molecule has 0 atom stereocenters. The van der Waals surface area contributed by atoms with Gasteiger partial charge in [-0.3, -0.25) is 4.79 Å². The summed E-state index contributed by atoms with van der Waals surface area (Å²) in [6.07, 6.45) is 6.78. The molecule has 0 spiro atoms. The molecule has 1 aliphatic heterocycles. The molecule has 1 amide bonds. The summed E-state index contributed by atoms with van der Waals surface area (Å²) in [4.78, 5) is 22.5. The van der Waals surface area contributed by atoms with Crippen LogP contribution in [0.5, 0.6) is 5.88 Å². The molecule has 25 heavy (non-hydrogen) atoms. The van der Waals surface area contributed by atoms with Crippen LogP contribution in [0.2, 0.25) is 5.02 Å². The van der Waals surface area contributed by atoms with Crippen LogP contribution in [0.3, 0.4) is 0 Å². The molecular formula is C19H20ClN3O2. The Kier molecular flexibility index (Phi) is 5.66. The molecule has 1 saturated heterocycles. The lowest BCUT2D eigenvalue weighted by Gasteiger charge is -2.31. The van der Waals surface area contributed by atoms with Gasteiger partial charge in [-0.1, -0.05) is 23.7 Å². The number of hydrogen-bond acceptors (Lipinski definition) is 4. The van der Waals surface area contributed by atoms with E-state index in [9.17, 15) is 4.79 Å². The first kappa shape index (κ1) is 17.4. The number of carbonyl (C=O) groups excluding carboxylic acids is 1. The standard InChI is InChI=1S/C19H20ClN3O2/c1-14-21-11-8-18(22-14)25-17-9-12-23(13-10-17)19(24)7-4-15-2-5-16(20)6-3-15/h2-8,11,17H,9-10,12-13H2,1H3/b7-4+. The Morgan fingerprint density at radius 3 is 2.64 bits per heavy atom. The number of likely N-dealkylation sites (tertiary alicyclic amines) is 1. The van der Waals surface area contributed by atoms with Crippen molar-refractivity contribution in [3.05, 3.63) is 59.0 Å². The maximum Gasteiger partial charge on any atom is 0.246 e. The number of nitrogens with zero attached hydrogens (tertiary/aromatic N) is 3. The van der Waals surface area contributed by atoms with Gasteiger partial charge < -0.3 is 9.64 Å². The van der Waals surface area contributed by atoms with Crippen LogP contribution in [0.4, 0.5) is 0 Å². The second-order valence-electron chi connectivity index (χ2n) is 5.97. The summed E-state index contributed by atoms with van der Waals surface area (Å²) < 4.78 is 5.89. The van der Waals surface area contributed by atoms with E-state index in [1.807, 2.05) is 42.2 Å². The summed E-state index contributed by atoms with van der Waals surface area (Å²) in [6, 6.07) is 9.15. The average Bonchev–Trinajstić information content (AvgIpc) is 2.62. The second-order valence-corrected chi connectivity index (χ2v) is 6.41. The fourth-order valence-electron chi connectivity index (χ4n) is 2.71. The van der Waals surface area contributed by atoms with Gasteiger partial charge in [0.2, 0.25) is 11.8 Å². The van der Waals surface area contributed by atoms with Gasteiger partial charge in [0.05, 0.1) is 0 Å². The van der Waals surface area contributed by atoms with Crippen molar-refractivity contribution in [2.45, 2.75) is 25.9 Å². The largest absolute Gasteiger partial charge is 0.474 e. The first-order chi connectivity index (χ1) is 12.1. The smallest absolute Gasteiger partial charge is 0.246 e. The van der Waals surface area contributed by atoms with Crippen molar-refractivity contribution in [2.75, 3.05) is 13.1 Å². The monoisotopic (exact) mass is 357 g/mol. The molecule has 2 aromatic rings. The molecule has 1 aliphatic rings. The maximum atomic E-state index is 12.3. The Morgan fingerprint density at radius 2 is 1.96 bits per heavy atom. The lowest BCUT2D eigenvalue weighted by molar-refractivity contribution is -0.127. The number of piperidine rings is 1. The van der Waals surface area contributed by atoms with Crippen LogP contribution in [-0.4, -0.2) is 40.0 Å². The number of hydrogen-bond donors (Lipinski definition) is 0. The lowest BCUT2D eigenvalue weighted by atomic mass is 10.1. The van der Waals surface area contributed by atoms with Gasteiger partial charge in [0.15, 0.2) is 0 Å². The Morgan fingerprint density at radius 1 is 1.24 bits per heavy atom. The molecular weight excluding hydrogens is 338 g/mol. The maximum absolute atomic E-state index is 12.3. The molecule has 3 rings (SSSR count). The third-order valence-corrected chi connectivity index (χ3v) is 4.33. The highest BCUT2D eigenvalue weighted by Gasteiger charge is 2.23. The molecule has 0 aliphatic carbocycles. The normalized spacial score (nSPS) is 15.5. The van der Waals surface area contributed by atoms with E-state index in [2.05, 4.69) is 9.97 Å². The van der Waals surface area contributed by atoms with E-state index < -0.39 is 0 Å². The predicted molar refractivity (Wildman–Crippen MR) is 97.5 cm³/mol. The van der Waals surface area contributed by atoms with Gasteiger partial charge in [-0.2, -0.15) is 4.98 Å². The van der Waals surface area contributed by atoms with Crippen molar-refractivity contribution in [2.24, 2.45) is 0 Å². The Bertz CT molecular complexity index is 754. The van der Waals surface area contributed by atoms with Crippen molar-refractivity contribution in [3.63, 3.8) is 0 Å². The minimum absolute atomic E-state index is 0.0197. The zero-order valence-corrected chi connectivity index (χ0v) is 14.8. The molecule has 1 aromatic heterocycles. The van der Waals surface area contributed by atoms with E-state index in [-0.39, 0.29) is 12.0 Å². The lowest BCUT2D eigenvalue weighted by Crippen LogP contribution is -2.41. The number of carbonyl (C=O) groups is 1. The first-order valence-corrected chi connectivity index (χ1v) is 8.67. The molecule has 0 bridgehead atoms. The van der Waals surface area contributed by atoms with Crippen LogP contribution in [0.25, 0.3) is 6.08 Å². The van der Waals surface area contributed by atoms with Gasteiger partial charge in [0.25, 0.3) is 0 Å². The molecule has 5 nitrogen and oxygen atoms in total. The number of ether oxygens (including phenoxy) is 1.